The molecule has 3 rings (SSSR count). The predicted molar refractivity (Wildman–Crippen MR) is 64.6 cm³/mol. The first kappa shape index (κ1) is 11.9. The van der Waals surface area contributed by atoms with E-state index in [1.807, 2.05) is 0 Å². The molecule has 0 amide bonds. The van der Waals surface area contributed by atoms with Gasteiger partial charge < -0.3 is 10.4 Å². The molecule has 4 unspecified atom stereocenters. The molecule has 4 atom stereocenters. The Morgan fingerprint density at radius 1 is 1.12 bits per heavy atom. The minimum absolute atomic E-state index is 0.0776. The lowest BCUT2D eigenvalue weighted by molar-refractivity contribution is 0.154. The summed E-state index contributed by atoms with van der Waals surface area (Å²) in [6, 6.07) is 0.668. The van der Waals surface area contributed by atoms with E-state index in [1.54, 1.807) is 0 Å². The lowest BCUT2D eigenvalue weighted by Crippen LogP contribution is -2.49. The summed E-state index contributed by atoms with van der Waals surface area (Å²) in [5, 5.41) is 13.2. The summed E-state index contributed by atoms with van der Waals surface area (Å²) in [5.74, 6) is 0.0170. The number of rotatable bonds is 2. The van der Waals surface area contributed by atoms with Crippen molar-refractivity contribution in [2.45, 2.75) is 43.5 Å². The maximum Gasteiger partial charge on any atom is 0.154 e. The van der Waals surface area contributed by atoms with Gasteiger partial charge in [0.25, 0.3) is 0 Å². The smallest absolute Gasteiger partial charge is 0.154 e. The first-order valence-corrected chi connectivity index (χ1v) is 8.26. The van der Waals surface area contributed by atoms with Gasteiger partial charge in [0.1, 0.15) is 0 Å². The zero-order valence-electron chi connectivity index (χ0n) is 9.88. The van der Waals surface area contributed by atoms with Crippen molar-refractivity contribution in [1.29, 1.82) is 0 Å². The van der Waals surface area contributed by atoms with Crippen LogP contribution < -0.4 is 5.32 Å². The van der Waals surface area contributed by atoms with Crippen LogP contribution in [-0.2, 0) is 9.84 Å². The monoisotopic (exact) mass is 260 g/mol. The van der Waals surface area contributed by atoms with Gasteiger partial charge in [0.2, 0.25) is 0 Å². The van der Waals surface area contributed by atoms with Crippen LogP contribution in [0.5, 0.6) is 0 Å². The van der Waals surface area contributed by atoms with Crippen LogP contribution in [0, 0.1) is 0 Å². The Balaban J connectivity index is 1.64. The van der Waals surface area contributed by atoms with Crippen molar-refractivity contribution < 1.29 is 13.5 Å². The van der Waals surface area contributed by atoms with E-state index in [9.17, 15) is 13.5 Å². The number of hydrogen-bond acceptors (Lipinski definition) is 5. The summed E-state index contributed by atoms with van der Waals surface area (Å²) in [5.41, 5.74) is 0. The van der Waals surface area contributed by atoms with Crippen LogP contribution in [0.3, 0.4) is 0 Å². The fraction of sp³-hybridized carbons (Fsp3) is 1.00. The Labute approximate surface area is 102 Å². The molecule has 2 N–H and O–H groups in total. The van der Waals surface area contributed by atoms with Gasteiger partial charge in [-0.05, 0) is 25.8 Å². The van der Waals surface area contributed by atoms with Crippen LogP contribution in [-0.4, -0.2) is 67.2 Å². The van der Waals surface area contributed by atoms with Crippen molar-refractivity contribution >= 4 is 9.84 Å². The van der Waals surface area contributed by atoms with Crippen LogP contribution in [0.1, 0.15) is 19.3 Å². The van der Waals surface area contributed by atoms with Crippen molar-refractivity contribution in [3.05, 3.63) is 0 Å². The summed E-state index contributed by atoms with van der Waals surface area (Å²) in [4.78, 5) is 2.48. The highest BCUT2D eigenvalue weighted by Gasteiger charge is 2.42. The zero-order chi connectivity index (χ0) is 12.0. The Morgan fingerprint density at radius 3 is 2.65 bits per heavy atom. The van der Waals surface area contributed by atoms with Crippen LogP contribution in [0.2, 0.25) is 0 Å². The predicted octanol–water partition coefficient (Wildman–Crippen LogP) is -1.03. The maximum absolute atomic E-state index is 11.4. The molecule has 0 radical (unpaired) electrons. The fourth-order valence-electron chi connectivity index (χ4n) is 3.54. The van der Waals surface area contributed by atoms with Gasteiger partial charge >= 0.3 is 0 Å². The molecule has 5 nitrogen and oxygen atoms in total. The highest BCUT2D eigenvalue weighted by Crippen LogP contribution is 2.29. The topological polar surface area (TPSA) is 69.6 Å². The van der Waals surface area contributed by atoms with E-state index in [-0.39, 0.29) is 17.5 Å². The van der Waals surface area contributed by atoms with Crippen LogP contribution in [0.4, 0.5) is 0 Å². The third kappa shape index (κ3) is 2.23. The summed E-state index contributed by atoms with van der Waals surface area (Å²) in [7, 11) is -3.03. The summed E-state index contributed by atoms with van der Waals surface area (Å²) < 4.78 is 22.9. The van der Waals surface area contributed by atoms with E-state index in [4.69, 9.17) is 0 Å². The molecule has 3 heterocycles. The summed E-state index contributed by atoms with van der Waals surface area (Å²) in [6.45, 7) is 2.28. The molecule has 17 heavy (non-hydrogen) atoms. The molecule has 98 valence electrons. The largest absolute Gasteiger partial charge is 0.390 e. The number of aliphatic hydroxyl groups excluding tert-OH is 1. The SMILES string of the molecule is O=S1(=O)CC(O)C(NC2CCN3CCCC23)C1. The van der Waals surface area contributed by atoms with Gasteiger partial charge in [-0.3, -0.25) is 4.90 Å². The molecule has 0 aromatic heterocycles. The highest BCUT2D eigenvalue weighted by molar-refractivity contribution is 7.91. The Bertz CT molecular complexity index is 398. The molecule has 3 saturated heterocycles. The molecule has 3 aliphatic rings. The average molecular weight is 260 g/mol. The molecule has 0 aliphatic carbocycles. The number of fused-ring (bicyclic) bond motifs is 1. The first-order chi connectivity index (χ1) is 8.05. The number of sulfone groups is 1. The number of hydrogen-bond donors (Lipinski definition) is 2. The molecule has 3 fully saturated rings. The third-order valence-electron chi connectivity index (χ3n) is 4.36. The minimum atomic E-state index is -3.03. The Morgan fingerprint density at radius 2 is 1.94 bits per heavy atom. The van der Waals surface area contributed by atoms with Gasteiger partial charge in [-0.25, -0.2) is 8.42 Å². The average Bonchev–Trinajstić information content (AvgIpc) is 2.84. The van der Waals surface area contributed by atoms with Crippen molar-refractivity contribution in [3.8, 4) is 0 Å². The second-order valence-electron chi connectivity index (χ2n) is 5.56. The fourth-order valence-corrected chi connectivity index (χ4v) is 5.29. The van der Waals surface area contributed by atoms with Gasteiger partial charge in [0.05, 0.1) is 17.6 Å². The van der Waals surface area contributed by atoms with Crippen LogP contribution >= 0.6 is 0 Å². The van der Waals surface area contributed by atoms with Crippen LogP contribution in [0.15, 0.2) is 0 Å². The second-order valence-corrected chi connectivity index (χ2v) is 7.71. The number of nitrogens with one attached hydrogen (secondary N) is 1. The molecular formula is C11H20N2O3S. The van der Waals surface area contributed by atoms with Gasteiger partial charge in [0, 0.05) is 24.7 Å². The quantitative estimate of drug-likeness (QED) is 0.664. The van der Waals surface area contributed by atoms with Crippen molar-refractivity contribution in [1.82, 2.24) is 10.2 Å². The van der Waals surface area contributed by atoms with Gasteiger partial charge in [-0.1, -0.05) is 0 Å². The summed E-state index contributed by atoms with van der Waals surface area (Å²) >= 11 is 0. The van der Waals surface area contributed by atoms with Crippen molar-refractivity contribution in [2.75, 3.05) is 24.6 Å². The van der Waals surface area contributed by atoms with Gasteiger partial charge in [-0.2, -0.15) is 0 Å². The maximum atomic E-state index is 11.4. The molecule has 6 heteroatoms. The lowest BCUT2D eigenvalue weighted by Gasteiger charge is -2.25. The van der Waals surface area contributed by atoms with Crippen molar-refractivity contribution in [2.24, 2.45) is 0 Å². The van der Waals surface area contributed by atoms with E-state index in [1.165, 1.54) is 19.4 Å². The number of aliphatic hydroxyl groups is 1. The second kappa shape index (κ2) is 4.19. The van der Waals surface area contributed by atoms with E-state index in [2.05, 4.69) is 10.2 Å². The number of nitrogens with zero attached hydrogens (tertiary/aromatic N) is 1. The van der Waals surface area contributed by atoms with Crippen molar-refractivity contribution in [3.63, 3.8) is 0 Å². The van der Waals surface area contributed by atoms with E-state index >= 15 is 0 Å². The third-order valence-corrected chi connectivity index (χ3v) is 6.07. The minimum Gasteiger partial charge on any atom is -0.390 e. The Kier molecular flexibility index (Phi) is 2.93. The normalized spacial score (nSPS) is 45.2. The standard InChI is InChI=1S/C11H20N2O3S/c14-11-7-17(15,16)6-9(11)12-8-3-5-13-4-1-2-10(8)13/h8-12,14H,1-7H2. The zero-order valence-corrected chi connectivity index (χ0v) is 10.7. The molecule has 0 spiro atoms. The molecule has 0 bridgehead atoms. The van der Waals surface area contributed by atoms with Gasteiger partial charge in [-0.15, -0.1) is 0 Å². The lowest BCUT2D eigenvalue weighted by atomic mass is 10.0. The van der Waals surface area contributed by atoms with Gasteiger partial charge in [0.15, 0.2) is 9.84 Å². The van der Waals surface area contributed by atoms with E-state index in [0.29, 0.717) is 12.1 Å². The molecular weight excluding hydrogens is 240 g/mol. The first-order valence-electron chi connectivity index (χ1n) is 6.44. The van der Waals surface area contributed by atoms with E-state index in [0.717, 1.165) is 13.0 Å². The molecule has 3 aliphatic heterocycles. The molecule has 0 aromatic rings. The van der Waals surface area contributed by atoms with Crippen LogP contribution in [0.25, 0.3) is 0 Å². The highest BCUT2D eigenvalue weighted by atomic mass is 32.2. The Hall–Kier alpha value is -0.170. The van der Waals surface area contributed by atoms with E-state index < -0.39 is 15.9 Å². The molecule has 0 aromatic carbocycles. The molecule has 0 saturated carbocycles. The summed E-state index contributed by atoms with van der Waals surface area (Å²) in [6.07, 6.45) is 2.80.